The predicted octanol–water partition coefficient (Wildman–Crippen LogP) is -0.828. The fraction of sp³-hybridized carbons (Fsp3) is 0.909. The zero-order valence-corrected chi connectivity index (χ0v) is 9.65. The second-order valence-corrected chi connectivity index (χ2v) is 4.61. The van der Waals surface area contributed by atoms with Gasteiger partial charge in [0.15, 0.2) is 0 Å². The van der Waals surface area contributed by atoms with Gasteiger partial charge in [-0.15, -0.1) is 0 Å². The number of carbonyl (C=O) groups is 1. The number of ether oxygens (including phenoxy) is 1. The molecule has 0 aromatic carbocycles. The molecule has 0 aromatic heterocycles. The van der Waals surface area contributed by atoms with Crippen LogP contribution in [0.3, 0.4) is 0 Å². The third-order valence-electron chi connectivity index (χ3n) is 3.47. The van der Waals surface area contributed by atoms with E-state index in [0.29, 0.717) is 6.61 Å². The van der Waals surface area contributed by atoms with Gasteiger partial charge in [0.25, 0.3) is 0 Å². The van der Waals surface area contributed by atoms with Gasteiger partial charge in [-0.25, -0.2) is 0 Å². The molecule has 1 amide bonds. The van der Waals surface area contributed by atoms with Gasteiger partial charge >= 0.3 is 0 Å². The van der Waals surface area contributed by atoms with Crippen LogP contribution in [0.2, 0.25) is 0 Å². The normalized spacial score (nSPS) is 29.9. The molecule has 0 aromatic rings. The Morgan fingerprint density at radius 1 is 1.44 bits per heavy atom. The first-order valence-electron chi connectivity index (χ1n) is 6.11. The molecule has 2 aliphatic heterocycles. The highest BCUT2D eigenvalue weighted by atomic mass is 16.5. The van der Waals surface area contributed by atoms with Crippen molar-refractivity contribution in [2.75, 3.05) is 39.4 Å². The molecule has 5 nitrogen and oxygen atoms in total. The van der Waals surface area contributed by atoms with Gasteiger partial charge in [0.2, 0.25) is 5.91 Å². The minimum absolute atomic E-state index is 0.137. The van der Waals surface area contributed by atoms with E-state index in [1.165, 1.54) is 0 Å². The van der Waals surface area contributed by atoms with E-state index in [2.05, 4.69) is 10.2 Å². The summed E-state index contributed by atoms with van der Waals surface area (Å²) in [7, 11) is 0. The van der Waals surface area contributed by atoms with Gasteiger partial charge in [-0.05, 0) is 19.4 Å². The third kappa shape index (κ3) is 2.72. The van der Waals surface area contributed by atoms with Crippen molar-refractivity contribution in [2.45, 2.75) is 18.9 Å². The Hall–Kier alpha value is -0.650. The van der Waals surface area contributed by atoms with Crippen molar-refractivity contribution in [1.29, 1.82) is 0 Å². The first-order valence-corrected chi connectivity index (χ1v) is 6.11. The van der Waals surface area contributed by atoms with Crippen LogP contribution < -0.4 is 11.1 Å². The van der Waals surface area contributed by atoms with Gasteiger partial charge in [-0.1, -0.05) is 0 Å². The maximum Gasteiger partial charge on any atom is 0.235 e. The topological polar surface area (TPSA) is 67.6 Å². The average Bonchev–Trinajstić information content (AvgIpc) is 2.62. The van der Waals surface area contributed by atoms with Gasteiger partial charge in [0.1, 0.15) is 0 Å². The number of hydrogen-bond acceptors (Lipinski definition) is 4. The van der Waals surface area contributed by atoms with Crippen LogP contribution in [0.15, 0.2) is 0 Å². The van der Waals surface area contributed by atoms with Crippen molar-refractivity contribution in [3.63, 3.8) is 0 Å². The number of hydrogen-bond donors (Lipinski definition) is 2. The van der Waals surface area contributed by atoms with E-state index >= 15 is 0 Å². The molecule has 92 valence electrons. The van der Waals surface area contributed by atoms with E-state index in [-0.39, 0.29) is 17.9 Å². The minimum Gasteiger partial charge on any atom is -0.381 e. The van der Waals surface area contributed by atoms with Crippen LogP contribution in [0.25, 0.3) is 0 Å². The lowest BCUT2D eigenvalue weighted by Crippen LogP contribution is -2.50. The molecule has 2 heterocycles. The van der Waals surface area contributed by atoms with Crippen LogP contribution in [-0.2, 0) is 9.53 Å². The van der Waals surface area contributed by atoms with Gasteiger partial charge in [-0.3, -0.25) is 9.69 Å². The van der Waals surface area contributed by atoms with Crippen molar-refractivity contribution < 1.29 is 9.53 Å². The molecular weight excluding hydrogens is 206 g/mol. The number of primary amides is 1. The van der Waals surface area contributed by atoms with Crippen molar-refractivity contribution in [3.05, 3.63) is 0 Å². The molecular formula is C11H21N3O2. The minimum atomic E-state index is -0.197. The zero-order chi connectivity index (χ0) is 11.4. The number of nitrogens with one attached hydrogen (secondary N) is 1. The largest absolute Gasteiger partial charge is 0.381 e. The molecule has 2 unspecified atom stereocenters. The molecule has 2 saturated heterocycles. The summed E-state index contributed by atoms with van der Waals surface area (Å²) >= 11 is 0. The Balaban J connectivity index is 2.01. The smallest absolute Gasteiger partial charge is 0.235 e. The summed E-state index contributed by atoms with van der Waals surface area (Å²) < 4.78 is 5.36. The van der Waals surface area contributed by atoms with Crippen molar-refractivity contribution in [2.24, 2.45) is 11.7 Å². The second-order valence-electron chi connectivity index (χ2n) is 4.61. The first-order chi connectivity index (χ1) is 7.79. The van der Waals surface area contributed by atoms with E-state index in [4.69, 9.17) is 10.5 Å². The number of nitrogens with zero attached hydrogens (tertiary/aromatic N) is 1. The Morgan fingerprint density at radius 2 is 2.31 bits per heavy atom. The average molecular weight is 227 g/mol. The molecule has 0 bridgehead atoms. The van der Waals surface area contributed by atoms with E-state index in [9.17, 15) is 4.79 Å². The van der Waals surface area contributed by atoms with Crippen LogP contribution in [0.5, 0.6) is 0 Å². The summed E-state index contributed by atoms with van der Waals surface area (Å²) in [5, 5.41) is 3.34. The monoisotopic (exact) mass is 227 g/mol. The summed E-state index contributed by atoms with van der Waals surface area (Å²) in [6, 6.07) is -0.137. The van der Waals surface area contributed by atoms with Crippen LogP contribution in [-0.4, -0.2) is 56.2 Å². The molecule has 2 fully saturated rings. The Bertz CT molecular complexity index is 233. The van der Waals surface area contributed by atoms with E-state index in [1.807, 2.05) is 0 Å². The van der Waals surface area contributed by atoms with Gasteiger partial charge in [0.05, 0.1) is 12.6 Å². The molecule has 16 heavy (non-hydrogen) atoms. The molecule has 0 radical (unpaired) electrons. The summed E-state index contributed by atoms with van der Waals surface area (Å²) in [5.74, 6) is 0.0907. The van der Waals surface area contributed by atoms with Crippen molar-refractivity contribution in [3.8, 4) is 0 Å². The molecule has 2 aliphatic rings. The van der Waals surface area contributed by atoms with Gasteiger partial charge in [-0.2, -0.15) is 0 Å². The number of nitrogens with two attached hydrogens (primary N) is 1. The third-order valence-corrected chi connectivity index (χ3v) is 3.47. The number of amides is 1. The van der Waals surface area contributed by atoms with Crippen LogP contribution in [0, 0.1) is 5.92 Å². The number of carbonyl (C=O) groups excluding carboxylic acids is 1. The molecule has 2 atom stereocenters. The fourth-order valence-corrected chi connectivity index (χ4v) is 2.66. The van der Waals surface area contributed by atoms with Crippen LogP contribution in [0.4, 0.5) is 0 Å². The quantitative estimate of drug-likeness (QED) is 0.660. The Morgan fingerprint density at radius 3 is 3.00 bits per heavy atom. The lowest BCUT2D eigenvalue weighted by Gasteiger charge is -2.31. The SMILES string of the molecule is NC(=O)C(C1CCOC1)N1CCCNCC1. The van der Waals surface area contributed by atoms with Crippen molar-refractivity contribution in [1.82, 2.24) is 10.2 Å². The molecule has 0 aliphatic carbocycles. The standard InChI is InChI=1S/C11H21N3O2/c12-11(15)10(9-2-7-16-8-9)14-5-1-3-13-4-6-14/h9-10,13H,1-8H2,(H2,12,15). The maximum atomic E-state index is 11.6. The van der Waals surface area contributed by atoms with E-state index in [0.717, 1.165) is 45.6 Å². The molecule has 0 spiro atoms. The highest BCUT2D eigenvalue weighted by Crippen LogP contribution is 2.21. The lowest BCUT2D eigenvalue weighted by atomic mass is 9.96. The van der Waals surface area contributed by atoms with Gasteiger partial charge in [0, 0.05) is 32.2 Å². The Labute approximate surface area is 96.3 Å². The predicted molar refractivity (Wildman–Crippen MR) is 61.0 cm³/mol. The highest BCUT2D eigenvalue weighted by molar-refractivity contribution is 5.80. The van der Waals surface area contributed by atoms with Gasteiger partial charge < -0.3 is 15.8 Å². The lowest BCUT2D eigenvalue weighted by molar-refractivity contribution is -0.125. The summed E-state index contributed by atoms with van der Waals surface area (Å²) in [4.78, 5) is 13.8. The summed E-state index contributed by atoms with van der Waals surface area (Å²) in [6.45, 7) is 5.28. The Kier molecular flexibility index (Phi) is 4.15. The second kappa shape index (κ2) is 5.61. The van der Waals surface area contributed by atoms with E-state index in [1.54, 1.807) is 0 Å². The van der Waals surface area contributed by atoms with E-state index < -0.39 is 0 Å². The molecule has 3 N–H and O–H groups in total. The molecule has 2 rings (SSSR count). The first kappa shape index (κ1) is 11.8. The summed E-state index contributed by atoms with van der Waals surface area (Å²) in [6.07, 6.45) is 2.04. The molecule has 0 saturated carbocycles. The summed E-state index contributed by atoms with van der Waals surface area (Å²) in [5.41, 5.74) is 5.54. The fourth-order valence-electron chi connectivity index (χ4n) is 2.66. The van der Waals surface area contributed by atoms with Crippen LogP contribution >= 0.6 is 0 Å². The highest BCUT2D eigenvalue weighted by Gasteiger charge is 2.34. The number of rotatable bonds is 3. The molecule has 5 heteroatoms. The van der Waals surface area contributed by atoms with Crippen LogP contribution in [0.1, 0.15) is 12.8 Å². The van der Waals surface area contributed by atoms with Crippen molar-refractivity contribution >= 4 is 5.91 Å². The maximum absolute atomic E-state index is 11.6. The zero-order valence-electron chi connectivity index (χ0n) is 9.65.